The van der Waals surface area contributed by atoms with Gasteiger partial charge in [0.1, 0.15) is 18.2 Å². The van der Waals surface area contributed by atoms with Gasteiger partial charge in [-0.25, -0.2) is 14.4 Å². The Hall–Kier alpha value is -3.36. The normalized spacial score (nSPS) is 14.1. The van der Waals surface area contributed by atoms with Gasteiger partial charge in [-0.2, -0.15) is 0 Å². The lowest BCUT2D eigenvalue weighted by Crippen LogP contribution is -2.44. The molecule has 0 bridgehead atoms. The summed E-state index contributed by atoms with van der Waals surface area (Å²) in [5.41, 5.74) is 1.99. The number of halogens is 1. The molecule has 7 nitrogen and oxygen atoms in total. The summed E-state index contributed by atoms with van der Waals surface area (Å²) in [6.07, 6.45) is 3.28. The van der Waals surface area contributed by atoms with E-state index in [1.54, 1.807) is 24.5 Å². The maximum Gasteiger partial charge on any atom is 0.224 e. The molecule has 0 unspecified atom stereocenters. The molecule has 1 amide bonds. The Bertz CT molecular complexity index is 1040. The van der Waals surface area contributed by atoms with Crippen molar-refractivity contribution in [3.63, 3.8) is 0 Å². The predicted molar refractivity (Wildman–Crippen MR) is 124 cm³/mol. The van der Waals surface area contributed by atoms with Crippen molar-refractivity contribution >= 4 is 5.91 Å². The van der Waals surface area contributed by atoms with Gasteiger partial charge in [-0.1, -0.05) is 30.3 Å². The summed E-state index contributed by atoms with van der Waals surface area (Å²) in [5.74, 6) is 0.193. The van der Waals surface area contributed by atoms with Gasteiger partial charge >= 0.3 is 0 Å². The average molecular weight is 450 g/mol. The van der Waals surface area contributed by atoms with Crippen molar-refractivity contribution in [2.45, 2.75) is 13.0 Å². The molecule has 33 heavy (non-hydrogen) atoms. The van der Waals surface area contributed by atoms with E-state index in [-0.39, 0.29) is 18.2 Å². The molecule has 0 spiro atoms. The van der Waals surface area contributed by atoms with Crippen molar-refractivity contribution in [1.29, 1.82) is 0 Å². The zero-order valence-electron chi connectivity index (χ0n) is 18.5. The van der Waals surface area contributed by atoms with Crippen LogP contribution in [0.1, 0.15) is 11.1 Å². The van der Waals surface area contributed by atoms with Gasteiger partial charge in [-0.15, -0.1) is 0 Å². The molecule has 1 aliphatic rings. The SMILES string of the molecule is O=C(Cc1cnc(-c2ccc(OCCN3CCNCC3)cc2F)nc1)NCc1ccccc1. The molecule has 1 saturated heterocycles. The number of amides is 1. The van der Waals surface area contributed by atoms with E-state index < -0.39 is 5.82 Å². The Morgan fingerprint density at radius 2 is 1.82 bits per heavy atom. The molecule has 1 aliphatic heterocycles. The van der Waals surface area contributed by atoms with Gasteiger partial charge in [-0.05, 0) is 23.3 Å². The van der Waals surface area contributed by atoms with Crippen molar-refractivity contribution in [3.8, 4) is 17.1 Å². The molecule has 0 atom stereocenters. The van der Waals surface area contributed by atoms with Crippen LogP contribution in [0, 0.1) is 5.82 Å². The summed E-state index contributed by atoms with van der Waals surface area (Å²) in [7, 11) is 0. The van der Waals surface area contributed by atoms with E-state index in [1.807, 2.05) is 30.3 Å². The number of benzene rings is 2. The molecule has 8 heteroatoms. The molecule has 1 fully saturated rings. The molecule has 3 aromatic rings. The highest BCUT2D eigenvalue weighted by Crippen LogP contribution is 2.23. The highest BCUT2D eigenvalue weighted by molar-refractivity contribution is 5.78. The Morgan fingerprint density at radius 3 is 2.55 bits per heavy atom. The summed E-state index contributed by atoms with van der Waals surface area (Å²) in [6.45, 7) is 5.76. The van der Waals surface area contributed by atoms with Crippen LogP contribution in [0.3, 0.4) is 0 Å². The van der Waals surface area contributed by atoms with Gasteiger partial charge in [0.05, 0.1) is 12.0 Å². The zero-order valence-corrected chi connectivity index (χ0v) is 18.5. The molecule has 2 N–H and O–H groups in total. The largest absolute Gasteiger partial charge is 0.492 e. The first kappa shape index (κ1) is 22.8. The second-order valence-electron chi connectivity index (χ2n) is 7.94. The molecular formula is C25H28FN5O2. The van der Waals surface area contributed by atoms with Crippen LogP contribution in [0.5, 0.6) is 5.75 Å². The van der Waals surface area contributed by atoms with E-state index in [9.17, 15) is 9.18 Å². The maximum atomic E-state index is 14.6. The molecule has 4 rings (SSSR count). The van der Waals surface area contributed by atoms with Crippen molar-refractivity contribution < 1.29 is 13.9 Å². The second-order valence-corrected chi connectivity index (χ2v) is 7.94. The number of nitrogens with zero attached hydrogens (tertiary/aromatic N) is 3. The van der Waals surface area contributed by atoms with Crippen LogP contribution < -0.4 is 15.4 Å². The van der Waals surface area contributed by atoms with E-state index in [4.69, 9.17) is 4.74 Å². The third-order valence-electron chi connectivity index (χ3n) is 5.47. The van der Waals surface area contributed by atoms with Crippen LogP contribution in [0.2, 0.25) is 0 Å². The van der Waals surface area contributed by atoms with Gasteiger partial charge in [0.25, 0.3) is 0 Å². The molecular weight excluding hydrogens is 421 g/mol. The Labute approximate surface area is 193 Å². The first-order chi connectivity index (χ1) is 16.2. The molecule has 0 aliphatic carbocycles. The fraction of sp³-hybridized carbons (Fsp3) is 0.320. The molecule has 1 aromatic heterocycles. The highest BCUT2D eigenvalue weighted by Gasteiger charge is 2.12. The summed E-state index contributed by atoms with van der Waals surface area (Å²) in [6, 6.07) is 14.4. The van der Waals surface area contributed by atoms with E-state index in [2.05, 4.69) is 25.5 Å². The fourth-order valence-corrected chi connectivity index (χ4v) is 3.62. The highest BCUT2D eigenvalue weighted by atomic mass is 19.1. The Kier molecular flexibility index (Phi) is 7.94. The quantitative estimate of drug-likeness (QED) is 0.522. The standard InChI is InChI=1S/C25H28FN5O2/c26-23-15-21(33-13-12-31-10-8-27-9-11-31)6-7-22(23)25-29-17-20(18-30-25)14-24(32)28-16-19-4-2-1-3-5-19/h1-7,15,17-18,27H,8-14,16H2,(H,28,32). The van der Waals surface area contributed by atoms with E-state index >= 15 is 0 Å². The average Bonchev–Trinajstić information content (AvgIpc) is 2.85. The summed E-state index contributed by atoms with van der Waals surface area (Å²) >= 11 is 0. The number of carbonyl (C=O) groups is 1. The van der Waals surface area contributed by atoms with Crippen LogP contribution in [0.15, 0.2) is 60.9 Å². The van der Waals surface area contributed by atoms with Crippen LogP contribution in [-0.2, 0) is 17.8 Å². The molecule has 2 aromatic carbocycles. The predicted octanol–water partition coefficient (Wildman–Crippen LogP) is 2.43. The number of aromatic nitrogens is 2. The van der Waals surface area contributed by atoms with Crippen LogP contribution in [0.4, 0.5) is 4.39 Å². The van der Waals surface area contributed by atoms with E-state index in [0.29, 0.717) is 30.0 Å². The summed E-state index contributed by atoms with van der Waals surface area (Å²) in [4.78, 5) is 23.0. The van der Waals surface area contributed by atoms with Gasteiger partial charge in [-0.3, -0.25) is 9.69 Å². The van der Waals surface area contributed by atoms with Crippen molar-refractivity contribution in [3.05, 3.63) is 77.9 Å². The summed E-state index contributed by atoms with van der Waals surface area (Å²) in [5, 5.41) is 6.18. The lowest BCUT2D eigenvalue weighted by molar-refractivity contribution is -0.120. The van der Waals surface area contributed by atoms with Crippen molar-refractivity contribution in [2.24, 2.45) is 0 Å². The van der Waals surface area contributed by atoms with E-state index in [0.717, 1.165) is 38.3 Å². The zero-order chi connectivity index (χ0) is 22.9. The van der Waals surface area contributed by atoms with Gasteiger partial charge in [0, 0.05) is 57.7 Å². The number of rotatable bonds is 9. The monoisotopic (exact) mass is 449 g/mol. The number of carbonyl (C=O) groups excluding carboxylic acids is 1. The molecule has 0 radical (unpaired) electrons. The third-order valence-corrected chi connectivity index (χ3v) is 5.47. The Balaban J connectivity index is 1.28. The Morgan fingerprint density at radius 1 is 1.06 bits per heavy atom. The maximum absolute atomic E-state index is 14.6. The van der Waals surface area contributed by atoms with Crippen LogP contribution in [0.25, 0.3) is 11.4 Å². The number of ether oxygens (including phenoxy) is 1. The topological polar surface area (TPSA) is 79.4 Å². The molecule has 0 saturated carbocycles. The smallest absolute Gasteiger partial charge is 0.224 e. The van der Waals surface area contributed by atoms with Gasteiger partial charge < -0.3 is 15.4 Å². The minimum atomic E-state index is -0.442. The number of hydrogen-bond donors (Lipinski definition) is 2. The molecule has 2 heterocycles. The second kappa shape index (κ2) is 11.5. The van der Waals surface area contributed by atoms with E-state index in [1.165, 1.54) is 6.07 Å². The number of hydrogen-bond acceptors (Lipinski definition) is 6. The van der Waals surface area contributed by atoms with Crippen LogP contribution >= 0.6 is 0 Å². The minimum absolute atomic E-state index is 0.122. The van der Waals surface area contributed by atoms with Crippen LogP contribution in [-0.4, -0.2) is 60.1 Å². The van der Waals surface area contributed by atoms with Gasteiger partial charge in [0.15, 0.2) is 5.82 Å². The first-order valence-corrected chi connectivity index (χ1v) is 11.1. The summed E-state index contributed by atoms with van der Waals surface area (Å²) < 4.78 is 20.4. The fourth-order valence-electron chi connectivity index (χ4n) is 3.62. The first-order valence-electron chi connectivity index (χ1n) is 11.1. The molecule has 172 valence electrons. The van der Waals surface area contributed by atoms with Gasteiger partial charge in [0.2, 0.25) is 5.91 Å². The van der Waals surface area contributed by atoms with Crippen molar-refractivity contribution in [1.82, 2.24) is 25.5 Å². The third kappa shape index (κ3) is 6.81. The lowest BCUT2D eigenvalue weighted by Gasteiger charge is -2.26. The lowest BCUT2D eigenvalue weighted by atomic mass is 10.1. The van der Waals surface area contributed by atoms with Crippen molar-refractivity contribution in [2.75, 3.05) is 39.3 Å². The minimum Gasteiger partial charge on any atom is -0.492 e. The number of piperazine rings is 1. The number of nitrogens with one attached hydrogen (secondary N) is 2.